The molecule has 0 spiro atoms. The number of nitrogens with zero attached hydrogens (tertiary/aromatic N) is 2. The lowest BCUT2D eigenvalue weighted by atomic mass is 9.85. The molecular weight excluding hydrogens is 295 g/mol. The highest BCUT2D eigenvalue weighted by molar-refractivity contribution is 5.95. The maximum Gasteiger partial charge on any atom is 0.416 e. The Bertz CT molecular complexity index is 676. The van der Waals surface area contributed by atoms with Crippen LogP contribution in [-0.4, -0.2) is 15.7 Å². The topological polar surface area (TPSA) is 46.9 Å². The SMILES string of the molecule is O=C(Nc1cc(C(F)(F)F)ccc1-n1cccn1)C1CCC1. The Morgan fingerprint density at radius 1 is 1.32 bits per heavy atom. The predicted octanol–water partition coefficient (Wildman–Crippen LogP) is 3.63. The van der Waals surface area contributed by atoms with Gasteiger partial charge in [0.25, 0.3) is 0 Å². The van der Waals surface area contributed by atoms with E-state index in [0.717, 1.165) is 31.4 Å². The van der Waals surface area contributed by atoms with Gasteiger partial charge in [0.15, 0.2) is 0 Å². The second-order valence-corrected chi connectivity index (χ2v) is 5.30. The van der Waals surface area contributed by atoms with Crippen LogP contribution in [0.2, 0.25) is 0 Å². The van der Waals surface area contributed by atoms with Crippen LogP contribution in [0.3, 0.4) is 0 Å². The number of nitrogens with one attached hydrogen (secondary N) is 1. The molecule has 1 N–H and O–H groups in total. The van der Waals surface area contributed by atoms with Crippen molar-refractivity contribution in [2.24, 2.45) is 5.92 Å². The second-order valence-electron chi connectivity index (χ2n) is 5.30. The Hall–Kier alpha value is -2.31. The van der Waals surface area contributed by atoms with Gasteiger partial charge in [-0.1, -0.05) is 6.42 Å². The number of alkyl halides is 3. The molecule has 2 aromatic rings. The van der Waals surface area contributed by atoms with Gasteiger partial charge in [0.1, 0.15) is 0 Å². The van der Waals surface area contributed by atoms with E-state index in [1.54, 1.807) is 12.3 Å². The summed E-state index contributed by atoms with van der Waals surface area (Å²) in [5.74, 6) is -0.348. The predicted molar refractivity (Wildman–Crippen MR) is 74.5 cm³/mol. The zero-order valence-corrected chi connectivity index (χ0v) is 11.6. The third kappa shape index (κ3) is 2.84. The van der Waals surface area contributed by atoms with Crippen LogP contribution in [0.25, 0.3) is 5.69 Å². The summed E-state index contributed by atoms with van der Waals surface area (Å²) in [7, 11) is 0. The van der Waals surface area contributed by atoms with Crippen molar-refractivity contribution in [2.75, 3.05) is 5.32 Å². The van der Waals surface area contributed by atoms with Crippen LogP contribution < -0.4 is 5.32 Å². The van der Waals surface area contributed by atoms with Crippen LogP contribution in [0.15, 0.2) is 36.7 Å². The lowest BCUT2D eigenvalue weighted by molar-refractivity contribution is -0.137. The summed E-state index contributed by atoms with van der Waals surface area (Å²) in [6.45, 7) is 0. The quantitative estimate of drug-likeness (QED) is 0.941. The first-order valence-electron chi connectivity index (χ1n) is 6.97. The summed E-state index contributed by atoms with van der Waals surface area (Å²) in [6, 6.07) is 4.91. The molecule has 7 heteroatoms. The molecule has 0 aliphatic heterocycles. The fourth-order valence-electron chi connectivity index (χ4n) is 2.33. The van der Waals surface area contributed by atoms with E-state index in [0.29, 0.717) is 5.69 Å². The van der Waals surface area contributed by atoms with Crippen molar-refractivity contribution in [3.05, 3.63) is 42.2 Å². The molecule has 1 aromatic carbocycles. The summed E-state index contributed by atoms with van der Waals surface area (Å²) in [6.07, 6.45) is 1.21. The Kier molecular flexibility index (Phi) is 3.64. The summed E-state index contributed by atoms with van der Waals surface area (Å²) < 4.78 is 40.1. The van der Waals surface area contributed by atoms with E-state index in [1.807, 2.05) is 0 Å². The van der Waals surface area contributed by atoms with E-state index in [4.69, 9.17) is 0 Å². The molecule has 1 aliphatic rings. The fraction of sp³-hybridized carbons (Fsp3) is 0.333. The van der Waals surface area contributed by atoms with Gasteiger partial charge in [0, 0.05) is 18.3 Å². The lowest BCUT2D eigenvalue weighted by Crippen LogP contribution is -2.28. The van der Waals surface area contributed by atoms with Crippen LogP contribution in [0, 0.1) is 5.92 Å². The Morgan fingerprint density at radius 2 is 2.09 bits per heavy atom. The van der Waals surface area contributed by atoms with Gasteiger partial charge in [-0.2, -0.15) is 18.3 Å². The molecule has 1 amide bonds. The van der Waals surface area contributed by atoms with E-state index < -0.39 is 11.7 Å². The molecule has 0 unspecified atom stereocenters. The molecule has 116 valence electrons. The van der Waals surface area contributed by atoms with Crippen molar-refractivity contribution in [3.63, 3.8) is 0 Å². The van der Waals surface area contributed by atoms with Crippen molar-refractivity contribution in [3.8, 4) is 5.69 Å². The molecule has 4 nitrogen and oxygen atoms in total. The molecular formula is C15H14F3N3O. The van der Waals surface area contributed by atoms with Gasteiger partial charge < -0.3 is 5.32 Å². The highest BCUT2D eigenvalue weighted by Crippen LogP contribution is 2.34. The van der Waals surface area contributed by atoms with E-state index in [2.05, 4.69) is 10.4 Å². The molecule has 0 saturated heterocycles. The summed E-state index contributed by atoms with van der Waals surface area (Å²) in [5.41, 5.74) is -0.270. The number of halogens is 3. The molecule has 0 atom stereocenters. The minimum Gasteiger partial charge on any atom is -0.324 e. The molecule has 1 fully saturated rings. The van der Waals surface area contributed by atoms with Crippen LogP contribution >= 0.6 is 0 Å². The average molecular weight is 309 g/mol. The van der Waals surface area contributed by atoms with Crippen LogP contribution in [0.4, 0.5) is 18.9 Å². The van der Waals surface area contributed by atoms with Crippen molar-refractivity contribution in [1.29, 1.82) is 0 Å². The maximum absolute atomic E-state index is 12.9. The van der Waals surface area contributed by atoms with Crippen molar-refractivity contribution in [1.82, 2.24) is 9.78 Å². The first kappa shape index (κ1) is 14.6. The van der Waals surface area contributed by atoms with Gasteiger partial charge in [-0.3, -0.25) is 4.79 Å². The summed E-state index contributed by atoms with van der Waals surface area (Å²) in [5, 5.41) is 6.62. The number of rotatable bonds is 3. The number of hydrogen-bond donors (Lipinski definition) is 1. The van der Waals surface area contributed by atoms with Crippen molar-refractivity contribution >= 4 is 11.6 Å². The minimum absolute atomic E-state index is 0.111. The summed E-state index contributed by atoms with van der Waals surface area (Å²) >= 11 is 0. The van der Waals surface area contributed by atoms with Gasteiger partial charge in [0.05, 0.1) is 16.9 Å². The molecule has 3 rings (SSSR count). The van der Waals surface area contributed by atoms with Gasteiger partial charge in [-0.05, 0) is 37.1 Å². The zero-order chi connectivity index (χ0) is 15.7. The number of anilines is 1. The van der Waals surface area contributed by atoms with Crippen molar-refractivity contribution in [2.45, 2.75) is 25.4 Å². The highest BCUT2D eigenvalue weighted by atomic mass is 19.4. The number of carbonyl (C=O) groups is 1. The van der Waals surface area contributed by atoms with E-state index in [1.165, 1.54) is 16.9 Å². The molecule has 0 bridgehead atoms. The van der Waals surface area contributed by atoms with Crippen LogP contribution in [-0.2, 0) is 11.0 Å². The van der Waals surface area contributed by atoms with Crippen LogP contribution in [0.5, 0.6) is 0 Å². The van der Waals surface area contributed by atoms with Gasteiger partial charge in [0.2, 0.25) is 5.91 Å². The van der Waals surface area contributed by atoms with E-state index in [-0.39, 0.29) is 17.5 Å². The van der Waals surface area contributed by atoms with Gasteiger partial charge in [-0.25, -0.2) is 4.68 Å². The Labute approximate surface area is 124 Å². The monoisotopic (exact) mass is 309 g/mol. The first-order chi connectivity index (χ1) is 10.4. The van der Waals surface area contributed by atoms with Crippen LogP contribution in [0.1, 0.15) is 24.8 Å². The molecule has 1 saturated carbocycles. The standard InChI is InChI=1S/C15H14F3N3O/c16-15(17,18)11-5-6-13(21-8-2-7-19-21)12(9-11)20-14(22)10-3-1-4-10/h2,5-10H,1,3-4H2,(H,20,22). The molecule has 1 heterocycles. The third-order valence-corrected chi connectivity index (χ3v) is 3.81. The molecule has 1 aromatic heterocycles. The molecule has 22 heavy (non-hydrogen) atoms. The number of aromatic nitrogens is 2. The second kappa shape index (κ2) is 5.47. The van der Waals surface area contributed by atoms with Gasteiger partial charge in [-0.15, -0.1) is 0 Å². The maximum atomic E-state index is 12.9. The third-order valence-electron chi connectivity index (χ3n) is 3.81. The first-order valence-corrected chi connectivity index (χ1v) is 6.97. The Morgan fingerprint density at radius 3 is 2.64 bits per heavy atom. The minimum atomic E-state index is -4.46. The van der Waals surface area contributed by atoms with E-state index in [9.17, 15) is 18.0 Å². The number of hydrogen-bond acceptors (Lipinski definition) is 2. The number of benzene rings is 1. The normalized spacial score (nSPS) is 15.4. The average Bonchev–Trinajstić information content (AvgIpc) is 2.89. The molecule has 1 aliphatic carbocycles. The fourth-order valence-corrected chi connectivity index (χ4v) is 2.33. The smallest absolute Gasteiger partial charge is 0.324 e. The van der Waals surface area contributed by atoms with Crippen molar-refractivity contribution < 1.29 is 18.0 Å². The van der Waals surface area contributed by atoms with E-state index >= 15 is 0 Å². The van der Waals surface area contributed by atoms with Gasteiger partial charge >= 0.3 is 6.18 Å². The highest BCUT2D eigenvalue weighted by Gasteiger charge is 2.32. The molecule has 0 radical (unpaired) electrons. The number of amides is 1. The lowest BCUT2D eigenvalue weighted by Gasteiger charge is -2.25. The zero-order valence-electron chi connectivity index (χ0n) is 11.6. The largest absolute Gasteiger partial charge is 0.416 e. The number of carbonyl (C=O) groups excluding carboxylic acids is 1. The Balaban J connectivity index is 1.97. The summed E-state index contributed by atoms with van der Waals surface area (Å²) in [4.78, 5) is 12.1.